The molecule has 0 saturated heterocycles. The third-order valence-electron chi connectivity index (χ3n) is 1.73. The number of H-pyrrole nitrogens is 1. The van der Waals surface area contributed by atoms with Gasteiger partial charge in [0.25, 0.3) is 5.91 Å². The molecule has 0 aliphatic heterocycles. The van der Waals surface area contributed by atoms with Crippen molar-refractivity contribution in [2.75, 3.05) is 6.54 Å². The molecule has 0 spiro atoms. The first-order valence-corrected chi connectivity index (χ1v) is 4.79. The van der Waals surface area contributed by atoms with Crippen molar-refractivity contribution in [1.82, 2.24) is 15.3 Å². The number of aromatic nitrogens is 2. The van der Waals surface area contributed by atoms with Crippen molar-refractivity contribution in [3.05, 3.63) is 42.0 Å². The van der Waals surface area contributed by atoms with Crippen LogP contribution < -0.4 is 5.32 Å². The monoisotopic (exact) mass is 216 g/mol. The third-order valence-corrected chi connectivity index (χ3v) is 1.73. The van der Waals surface area contributed by atoms with Crippen LogP contribution in [0.25, 0.3) is 0 Å². The molecule has 1 aromatic rings. The minimum absolute atomic E-state index is 0.149. The van der Waals surface area contributed by atoms with E-state index in [1.54, 1.807) is 0 Å². The van der Waals surface area contributed by atoms with E-state index in [2.05, 4.69) is 15.3 Å². The number of hydrogen-bond donors (Lipinski definition) is 2. The quantitative estimate of drug-likeness (QED) is 0.740. The lowest BCUT2D eigenvalue weighted by molar-refractivity contribution is 0.0948. The van der Waals surface area contributed by atoms with Crippen molar-refractivity contribution in [2.45, 2.75) is 6.92 Å². The molecular weight excluding hydrogens is 204 g/mol. The Morgan fingerprint density at radius 2 is 2.50 bits per heavy atom. The molecule has 0 saturated carbocycles. The van der Waals surface area contributed by atoms with Crippen LogP contribution in [0.5, 0.6) is 0 Å². The van der Waals surface area contributed by atoms with E-state index < -0.39 is 0 Å². The van der Waals surface area contributed by atoms with E-state index in [-0.39, 0.29) is 17.4 Å². The maximum atomic E-state index is 11.4. The highest BCUT2D eigenvalue weighted by atomic mass is 16.2. The Hall–Kier alpha value is -2.35. The molecule has 82 valence electrons. The molecule has 1 heterocycles. The first-order chi connectivity index (χ1) is 7.77. The summed E-state index contributed by atoms with van der Waals surface area (Å²) in [6.07, 6.45) is 8.80. The number of aromatic amines is 1. The van der Waals surface area contributed by atoms with Crippen LogP contribution in [0.3, 0.4) is 0 Å². The number of allylic oxidation sites excluding steroid dienone is 3. The SMILES string of the molecule is C/C=C\C=C/CNC(=O)c1nc(C#N)c[nH]1. The second-order valence-corrected chi connectivity index (χ2v) is 2.91. The molecule has 5 nitrogen and oxygen atoms in total. The Kier molecular flexibility index (Phi) is 4.54. The molecule has 0 aliphatic rings. The number of rotatable bonds is 4. The van der Waals surface area contributed by atoms with Gasteiger partial charge in [-0.2, -0.15) is 5.26 Å². The normalized spacial score (nSPS) is 10.8. The second kappa shape index (κ2) is 6.19. The van der Waals surface area contributed by atoms with E-state index >= 15 is 0 Å². The standard InChI is InChI=1S/C11H12N4O/c1-2-3-4-5-6-13-11(16)10-14-8-9(7-12)15-10/h2-5,8H,6H2,1H3,(H,13,16)(H,14,15)/b3-2-,5-4-. The average molecular weight is 216 g/mol. The van der Waals surface area contributed by atoms with Gasteiger partial charge in [-0.1, -0.05) is 24.3 Å². The number of carbonyl (C=O) groups is 1. The van der Waals surface area contributed by atoms with Gasteiger partial charge in [0.05, 0.1) is 0 Å². The molecule has 5 heteroatoms. The van der Waals surface area contributed by atoms with Crippen LogP contribution >= 0.6 is 0 Å². The lowest BCUT2D eigenvalue weighted by atomic mass is 10.4. The number of amides is 1. The van der Waals surface area contributed by atoms with Crippen LogP contribution in [-0.4, -0.2) is 22.4 Å². The molecule has 0 bridgehead atoms. The van der Waals surface area contributed by atoms with E-state index in [1.165, 1.54) is 6.20 Å². The van der Waals surface area contributed by atoms with Crippen LogP contribution in [0, 0.1) is 11.3 Å². The van der Waals surface area contributed by atoms with Gasteiger partial charge in [0.15, 0.2) is 11.5 Å². The predicted molar refractivity (Wildman–Crippen MR) is 59.6 cm³/mol. The fraction of sp³-hybridized carbons (Fsp3) is 0.182. The van der Waals surface area contributed by atoms with Crippen LogP contribution in [0.4, 0.5) is 0 Å². The average Bonchev–Trinajstić information content (AvgIpc) is 2.77. The summed E-state index contributed by atoms with van der Waals surface area (Å²) in [4.78, 5) is 17.8. The van der Waals surface area contributed by atoms with Gasteiger partial charge in [-0.3, -0.25) is 4.79 Å². The molecule has 1 aromatic heterocycles. The highest BCUT2D eigenvalue weighted by Gasteiger charge is 2.08. The highest BCUT2D eigenvalue weighted by molar-refractivity contribution is 5.90. The molecule has 0 fully saturated rings. The Labute approximate surface area is 93.5 Å². The molecule has 0 unspecified atom stereocenters. The van der Waals surface area contributed by atoms with E-state index in [9.17, 15) is 4.79 Å². The molecule has 16 heavy (non-hydrogen) atoms. The second-order valence-electron chi connectivity index (χ2n) is 2.91. The van der Waals surface area contributed by atoms with E-state index in [0.29, 0.717) is 6.54 Å². The fourth-order valence-corrected chi connectivity index (χ4v) is 0.988. The number of nitrogens with one attached hydrogen (secondary N) is 2. The Bertz CT molecular complexity index is 451. The minimum Gasteiger partial charge on any atom is -0.346 e. The van der Waals surface area contributed by atoms with Crippen LogP contribution in [-0.2, 0) is 0 Å². The summed E-state index contributed by atoms with van der Waals surface area (Å²) in [6.45, 7) is 2.33. The number of imidazole rings is 1. The summed E-state index contributed by atoms with van der Waals surface area (Å²) < 4.78 is 0. The number of hydrogen-bond acceptors (Lipinski definition) is 3. The Morgan fingerprint density at radius 1 is 1.69 bits per heavy atom. The summed E-state index contributed by atoms with van der Waals surface area (Å²) in [5.41, 5.74) is 0.203. The third kappa shape index (κ3) is 3.42. The van der Waals surface area contributed by atoms with Gasteiger partial charge in [0.2, 0.25) is 0 Å². The fourth-order valence-electron chi connectivity index (χ4n) is 0.988. The van der Waals surface area contributed by atoms with Gasteiger partial charge >= 0.3 is 0 Å². The first-order valence-electron chi connectivity index (χ1n) is 4.79. The zero-order chi connectivity index (χ0) is 11.8. The smallest absolute Gasteiger partial charge is 0.287 e. The maximum absolute atomic E-state index is 11.4. The van der Waals surface area contributed by atoms with Gasteiger partial charge in [-0.05, 0) is 6.92 Å². The molecule has 2 N–H and O–H groups in total. The molecule has 0 atom stereocenters. The minimum atomic E-state index is -0.327. The molecule has 0 aliphatic carbocycles. The summed E-state index contributed by atoms with van der Waals surface area (Å²) in [7, 11) is 0. The van der Waals surface area contributed by atoms with Crippen LogP contribution in [0.1, 0.15) is 23.2 Å². The highest BCUT2D eigenvalue weighted by Crippen LogP contribution is 1.94. The number of nitrogens with zero attached hydrogens (tertiary/aromatic N) is 2. The predicted octanol–water partition coefficient (Wildman–Crippen LogP) is 1.14. The van der Waals surface area contributed by atoms with Gasteiger partial charge in [0, 0.05) is 12.7 Å². The lowest BCUT2D eigenvalue weighted by Crippen LogP contribution is -2.24. The summed E-state index contributed by atoms with van der Waals surface area (Å²) >= 11 is 0. The lowest BCUT2D eigenvalue weighted by Gasteiger charge is -1.97. The first kappa shape index (κ1) is 11.7. The van der Waals surface area contributed by atoms with Gasteiger partial charge in [-0.25, -0.2) is 4.98 Å². The number of nitriles is 1. The number of carbonyl (C=O) groups excluding carboxylic acids is 1. The zero-order valence-electron chi connectivity index (χ0n) is 8.90. The Balaban J connectivity index is 2.44. The topological polar surface area (TPSA) is 81.6 Å². The largest absolute Gasteiger partial charge is 0.346 e. The molecule has 1 rings (SSSR count). The zero-order valence-corrected chi connectivity index (χ0v) is 8.90. The van der Waals surface area contributed by atoms with Gasteiger partial charge in [0.1, 0.15) is 6.07 Å². The van der Waals surface area contributed by atoms with Crippen molar-refractivity contribution >= 4 is 5.91 Å². The van der Waals surface area contributed by atoms with E-state index in [0.717, 1.165) is 0 Å². The van der Waals surface area contributed by atoms with Gasteiger partial charge in [-0.15, -0.1) is 0 Å². The summed E-state index contributed by atoms with van der Waals surface area (Å²) in [5, 5.41) is 11.2. The van der Waals surface area contributed by atoms with E-state index in [4.69, 9.17) is 5.26 Å². The van der Waals surface area contributed by atoms with Crippen LogP contribution in [0.15, 0.2) is 30.5 Å². The van der Waals surface area contributed by atoms with Crippen molar-refractivity contribution in [2.24, 2.45) is 0 Å². The summed E-state index contributed by atoms with van der Waals surface area (Å²) in [6, 6.07) is 1.84. The van der Waals surface area contributed by atoms with Crippen molar-refractivity contribution in [3.8, 4) is 6.07 Å². The van der Waals surface area contributed by atoms with Crippen LogP contribution in [0.2, 0.25) is 0 Å². The Morgan fingerprint density at radius 3 is 3.12 bits per heavy atom. The molecular formula is C11H12N4O. The van der Waals surface area contributed by atoms with E-state index in [1.807, 2.05) is 37.3 Å². The van der Waals surface area contributed by atoms with Gasteiger partial charge < -0.3 is 10.3 Å². The van der Waals surface area contributed by atoms with Crippen molar-refractivity contribution in [1.29, 1.82) is 5.26 Å². The van der Waals surface area contributed by atoms with Crippen molar-refractivity contribution in [3.63, 3.8) is 0 Å². The molecule has 0 aromatic carbocycles. The maximum Gasteiger partial charge on any atom is 0.287 e. The molecule has 0 radical (unpaired) electrons. The van der Waals surface area contributed by atoms with Crippen molar-refractivity contribution < 1.29 is 4.79 Å². The molecule has 1 amide bonds. The summed E-state index contributed by atoms with van der Waals surface area (Å²) in [5.74, 6) is -0.178.